The minimum absolute atomic E-state index is 0.113. The van der Waals surface area contributed by atoms with Crippen molar-refractivity contribution in [1.82, 2.24) is 19.9 Å². The molecule has 128 valence electrons. The zero-order chi connectivity index (χ0) is 17.2. The molecule has 23 heavy (non-hydrogen) atoms. The van der Waals surface area contributed by atoms with Gasteiger partial charge in [0.1, 0.15) is 24.8 Å². The predicted molar refractivity (Wildman–Crippen MR) is 93.1 cm³/mol. The van der Waals surface area contributed by atoms with Crippen LogP contribution in [0.3, 0.4) is 0 Å². The molecule has 0 amide bonds. The van der Waals surface area contributed by atoms with Crippen LogP contribution in [0.5, 0.6) is 0 Å². The molecule has 0 radical (unpaired) electrons. The summed E-state index contributed by atoms with van der Waals surface area (Å²) in [5.74, 6) is 0.961. The van der Waals surface area contributed by atoms with Gasteiger partial charge in [-0.15, -0.1) is 0 Å². The van der Waals surface area contributed by atoms with Crippen LogP contribution in [0.4, 0.5) is 5.82 Å². The van der Waals surface area contributed by atoms with Crippen LogP contribution < -0.4 is 5.73 Å². The van der Waals surface area contributed by atoms with Crippen LogP contribution in [0.25, 0.3) is 11.2 Å². The Hall–Kier alpha value is -1.46. The molecule has 3 N–H and O–H groups in total. The fourth-order valence-corrected chi connectivity index (χ4v) is 4.72. The number of hydrogen-bond donors (Lipinski definition) is 2. The summed E-state index contributed by atoms with van der Waals surface area (Å²) in [6.07, 6.45) is 2.19. The number of fused-ring (bicyclic) bond motifs is 1. The molecular formula is C15H26N5O2P. The first-order valence-corrected chi connectivity index (χ1v) is 9.92. The van der Waals surface area contributed by atoms with Gasteiger partial charge in [-0.2, -0.15) is 0 Å². The third kappa shape index (κ3) is 3.90. The van der Waals surface area contributed by atoms with E-state index in [0.29, 0.717) is 29.2 Å². The number of H-pyrrole nitrogens is 1. The predicted octanol–water partition coefficient (Wildman–Crippen LogP) is 3.02. The second kappa shape index (κ2) is 6.97. The van der Waals surface area contributed by atoms with Gasteiger partial charge >= 0.3 is 0 Å². The lowest BCUT2D eigenvalue weighted by molar-refractivity contribution is 0.0977. The molecule has 2 rings (SSSR count). The van der Waals surface area contributed by atoms with Crippen LogP contribution in [0.1, 0.15) is 40.4 Å². The Morgan fingerprint density at radius 3 is 2.48 bits per heavy atom. The van der Waals surface area contributed by atoms with Gasteiger partial charge in [-0.1, -0.05) is 27.7 Å². The lowest BCUT2D eigenvalue weighted by atomic mass is 10.2. The Bertz CT molecular complexity index is 701. The second-order valence-corrected chi connectivity index (χ2v) is 10.5. The highest BCUT2D eigenvalue weighted by Gasteiger charge is 2.31. The summed E-state index contributed by atoms with van der Waals surface area (Å²) in [4.78, 5) is 15.7. The minimum atomic E-state index is -2.37. The van der Waals surface area contributed by atoms with Crippen molar-refractivity contribution in [1.29, 1.82) is 0 Å². The molecule has 2 aromatic heterocycles. The molecule has 0 unspecified atom stereocenters. The summed E-state index contributed by atoms with van der Waals surface area (Å²) < 4.78 is 18.8. The maximum atomic E-state index is 13.0. The van der Waals surface area contributed by atoms with E-state index >= 15 is 0 Å². The number of aromatic nitrogens is 4. The van der Waals surface area contributed by atoms with Gasteiger partial charge in [-0.3, -0.25) is 0 Å². The number of nitrogens with zero attached hydrogens (tertiary/aromatic N) is 3. The Morgan fingerprint density at radius 2 is 1.87 bits per heavy atom. The highest BCUT2D eigenvalue weighted by Crippen LogP contribution is 2.54. The fraction of sp³-hybridized carbons (Fsp3) is 0.667. The monoisotopic (exact) mass is 339 g/mol. The van der Waals surface area contributed by atoms with Crippen LogP contribution >= 0.6 is 7.14 Å². The summed E-state index contributed by atoms with van der Waals surface area (Å²) in [6, 6.07) is 0. The molecule has 0 aliphatic carbocycles. The van der Waals surface area contributed by atoms with Gasteiger partial charge < -0.3 is 20.0 Å². The van der Waals surface area contributed by atoms with Gasteiger partial charge in [-0.25, -0.2) is 15.0 Å². The van der Waals surface area contributed by atoms with E-state index in [-0.39, 0.29) is 23.8 Å². The highest BCUT2D eigenvalue weighted by atomic mass is 31.2. The fourth-order valence-electron chi connectivity index (χ4n) is 2.45. The van der Waals surface area contributed by atoms with E-state index in [1.807, 2.05) is 34.6 Å². The van der Waals surface area contributed by atoms with Crippen molar-refractivity contribution in [3.63, 3.8) is 0 Å². The molecule has 2 aromatic rings. The summed E-state index contributed by atoms with van der Waals surface area (Å²) >= 11 is 0. The molecule has 0 fully saturated rings. The molecule has 0 bridgehead atoms. The number of hydrogen-bond acceptors (Lipinski definition) is 6. The van der Waals surface area contributed by atoms with Gasteiger partial charge in [0.2, 0.25) is 0 Å². The van der Waals surface area contributed by atoms with Gasteiger partial charge in [0.15, 0.2) is 11.5 Å². The van der Waals surface area contributed by atoms with Crippen LogP contribution in [0.2, 0.25) is 0 Å². The number of anilines is 1. The maximum absolute atomic E-state index is 13.0. The molecule has 1 atom stereocenters. The molecule has 0 spiro atoms. The normalized spacial score (nSPS) is 14.0. The van der Waals surface area contributed by atoms with Gasteiger partial charge in [-0.05, 0) is 6.92 Å². The summed E-state index contributed by atoms with van der Waals surface area (Å²) in [5, 5.41) is 0. The number of nitrogens with two attached hydrogens (primary N) is 1. The zero-order valence-corrected chi connectivity index (χ0v) is 15.3. The Morgan fingerprint density at radius 1 is 1.22 bits per heavy atom. The Kier molecular flexibility index (Phi) is 5.42. The van der Waals surface area contributed by atoms with E-state index in [4.69, 9.17) is 10.5 Å². The summed E-state index contributed by atoms with van der Waals surface area (Å²) in [5.41, 5.74) is 7.31. The Balaban J connectivity index is 2.03. The molecule has 0 aliphatic heterocycles. The van der Waals surface area contributed by atoms with E-state index in [1.165, 1.54) is 0 Å². The van der Waals surface area contributed by atoms with Crippen molar-refractivity contribution >= 4 is 24.1 Å². The molecule has 0 aromatic carbocycles. The number of nitrogen functional groups attached to an aromatic ring is 1. The van der Waals surface area contributed by atoms with E-state index < -0.39 is 7.14 Å². The van der Waals surface area contributed by atoms with Gasteiger partial charge in [0.05, 0.1) is 12.4 Å². The van der Waals surface area contributed by atoms with Crippen molar-refractivity contribution in [3.05, 3.63) is 12.2 Å². The third-order valence-corrected chi connectivity index (χ3v) is 8.19. The van der Waals surface area contributed by atoms with Crippen molar-refractivity contribution < 1.29 is 9.30 Å². The van der Waals surface area contributed by atoms with E-state index in [1.54, 1.807) is 6.33 Å². The molecule has 7 nitrogen and oxygen atoms in total. The maximum Gasteiger partial charge on any atom is 0.183 e. The van der Waals surface area contributed by atoms with Crippen molar-refractivity contribution in [3.8, 4) is 0 Å². The largest absolute Gasteiger partial charge is 0.382 e. The zero-order valence-electron chi connectivity index (χ0n) is 14.4. The quantitative estimate of drug-likeness (QED) is 0.751. The summed E-state index contributed by atoms with van der Waals surface area (Å²) in [7, 11) is -2.37. The number of imidazole rings is 1. The lowest BCUT2D eigenvalue weighted by Gasteiger charge is -2.27. The minimum Gasteiger partial charge on any atom is -0.382 e. The second-order valence-electron chi connectivity index (χ2n) is 6.48. The molecule has 2 heterocycles. The van der Waals surface area contributed by atoms with Crippen LogP contribution in [0.15, 0.2) is 6.33 Å². The first kappa shape index (κ1) is 17.9. The topological polar surface area (TPSA) is 107 Å². The number of rotatable bonds is 7. The molecular weight excluding hydrogens is 313 g/mol. The number of aromatic amines is 1. The van der Waals surface area contributed by atoms with Crippen molar-refractivity contribution in [2.75, 3.05) is 12.1 Å². The summed E-state index contributed by atoms with van der Waals surface area (Å²) in [6.45, 7) is 9.89. The van der Waals surface area contributed by atoms with Gasteiger partial charge in [0, 0.05) is 17.7 Å². The van der Waals surface area contributed by atoms with Crippen LogP contribution in [0, 0.1) is 0 Å². The number of ether oxygens (including phenoxy) is 1. The standard InChI is InChI=1S/C15H26N5O2P/c1-9(2)23(21,10(3)4)8-22-11(5)6-12-19-14(16)13-15(20-12)18-7-17-13/h7,9-11H,6,8H2,1-5H3,(H3,16,17,18,19,20)/t11-/m1/s1. The van der Waals surface area contributed by atoms with Crippen molar-refractivity contribution in [2.45, 2.75) is 58.5 Å². The van der Waals surface area contributed by atoms with E-state index in [9.17, 15) is 4.57 Å². The molecule has 0 aliphatic rings. The molecule has 0 saturated heterocycles. The van der Waals surface area contributed by atoms with Crippen LogP contribution in [-0.2, 0) is 15.7 Å². The number of nitrogens with one attached hydrogen (secondary N) is 1. The van der Waals surface area contributed by atoms with Gasteiger partial charge in [0.25, 0.3) is 0 Å². The molecule has 8 heteroatoms. The smallest absolute Gasteiger partial charge is 0.183 e. The first-order chi connectivity index (χ1) is 10.7. The molecule has 0 saturated carbocycles. The van der Waals surface area contributed by atoms with E-state index in [2.05, 4.69) is 19.9 Å². The first-order valence-electron chi connectivity index (χ1n) is 7.89. The average molecular weight is 339 g/mol. The highest BCUT2D eigenvalue weighted by molar-refractivity contribution is 7.65. The third-order valence-electron chi connectivity index (χ3n) is 4.14. The average Bonchev–Trinajstić information content (AvgIpc) is 2.93. The van der Waals surface area contributed by atoms with Crippen molar-refractivity contribution in [2.24, 2.45) is 0 Å². The SMILES string of the molecule is CC(C)P(=O)(CO[C@H](C)Cc1nc(N)c2[nH]cnc2n1)C(C)C. The lowest BCUT2D eigenvalue weighted by Crippen LogP contribution is -2.19. The Labute approximate surface area is 136 Å². The van der Waals surface area contributed by atoms with Crippen LogP contribution in [-0.4, -0.2) is 43.7 Å². The van der Waals surface area contributed by atoms with E-state index in [0.717, 1.165) is 0 Å².